The zero-order chi connectivity index (χ0) is 14.4. The van der Waals surface area contributed by atoms with Crippen LogP contribution in [0.5, 0.6) is 5.75 Å². The van der Waals surface area contributed by atoms with E-state index in [-0.39, 0.29) is 12.3 Å². The molecule has 0 saturated carbocycles. The Labute approximate surface area is 127 Å². The Bertz CT molecular complexity index is 588. The molecule has 1 amide bonds. The molecule has 0 unspecified atom stereocenters. The van der Waals surface area contributed by atoms with Crippen LogP contribution in [0.15, 0.2) is 48.5 Å². The van der Waals surface area contributed by atoms with Gasteiger partial charge in [-0.2, -0.15) is 0 Å². The van der Waals surface area contributed by atoms with Crippen LogP contribution in [0.3, 0.4) is 0 Å². The highest BCUT2D eigenvalue weighted by Crippen LogP contribution is 2.29. The molecule has 0 aliphatic heterocycles. The van der Waals surface area contributed by atoms with Crippen LogP contribution >= 0.6 is 23.2 Å². The second-order valence-electron chi connectivity index (χ2n) is 4.06. The molecule has 2 rings (SSSR count). The first-order valence-corrected chi connectivity index (χ1v) is 6.84. The maximum absolute atomic E-state index is 11.8. The van der Waals surface area contributed by atoms with Crippen molar-refractivity contribution in [1.29, 1.82) is 0 Å². The highest BCUT2D eigenvalue weighted by molar-refractivity contribution is 6.43. The van der Waals surface area contributed by atoms with Gasteiger partial charge >= 0.3 is 0 Å². The van der Waals surface area contributed by atoms with Gasteiger partial charge in [-0.15, -0.1) is 0 Å². The van der Waals surface area contributed by atoms with Gasteiger partial charge in [-0.05, 0) is 24.3 Å². The summed E-state index contributed by atoms with van der Waals surface area (Å²) >= 11 is 11.9. The van der Waals surface area contributed by atoms with Gasteiger partial charge in [0.1, 0.15) is 5.75 Å². The van der Waals surface area contributed by atoms with Gasteiger partial charge in [0.2, 0.25) is 5.91 Å². The van der Waals surface area contributed by atoms with Crippen LogP contribution in [0.1, 0.15) is 6.42 Å². The molecular weight excluding hydrogens is 297 g/mol. The summed E-state index contributed by atoms with van der Waals surface area (Å²) < 4.78 is 5.45. The van der Waals surface area contributed by atoms with Crippen molar-refractivity contribution in [3.63, 3.8) is 0 Å². The van der Waals surface area contributed by atoms with Crippen molar-refractivity contribution in [3.8, 4) is 5.75 Å². The average molecular weight is 310 g/mol. The van der Waals surface area contributed by atoms with Crippen molar-refractivity contribution in [2.75, 3.05) is 11.9 Å². The molecule has 5 heteroatoms. The number of halogens is 2. The molecule has 0 radical (unpaired) electrons. The van der Waals surface area contributed by atoms with E-state index in [0.717, 1.165) is 5.75 Å². The Morgan fingerprint density at radius 3 is 2.55 bits per heavy atom. The number of rotatable bonds is 5. The lowest BCUT2D eigenvalue weighted by atomic mass is 10.3. The highest BCUT2D eigenvalue weighted by Gasteiger charge is 2.08. The predicted octanol–water partition coefficient (Wildman–Crippen LogP) is 4.40. The first kappa shape index (κ1) is 14.7. The van der Waals surface area contributed by atoms with E-state index in [0.29, 0.717) is 22.3 Å². The maximum Gasteiger partial charge on any atom is 0.227 e. The molecule has 104 valence electrons. The van der Waals surface area contributed by atoms with E-state index < -0.39 is 0 Å². The fourth-order valence-electron chi connectivity index (χ4n) is 1.59. The molecule has 1 N–H and O–H groups in total. The van der Waals surface area contributed by atoms with Gasteiger partial charge in [0.15, 0.2) is 0 Å². The van der Waals surface area contributed by atoms with Crippen LogP contribution in [-0.2, 0) is 4.79 Å². The number of nitrogens with one attached hydrogen (secondary N) is 1. The average Bonchev–Trinajstić information content (AvgIpc) is 2.45. The number of carbonyl (C=O) groups excluding carboxylic acids is 1. The third kappa shape index (κ3) is 4.15. The minimum absolute atomic E-state index is 0.176. The summed E-state index contributed by atoms with van der Waals surface area (Å²) in [6, 6.07) is 14.4. The number of hydrogen-bond donors (Lipinski definition) is 1. The molecule has 3 nitrogen and oxygen atoms in total. The topological polar surface area (TPSA) is 38.3 Å². The zero-order valence-electron chi connectivity index (χ0n) is 10.6. The standard InChI is InChI=1S/C15H13Cl2NO2/c16-12-7-4-8-13(15(12)17)18-14(19)9-10-20-11-5-2-1-3-6-11/h1-8H,9-10H2,(H,18,19). The Balaban J connectivity index is 1.82. The van der Waals surface area contributed by atoms with Crippen LogP contribution in [0, 0.1) is 0 Å². The van der Waals surface area contributed by atoms with Crippen LogP contribution in [-0.4, -0.2) is 12.5 Å². The maximum atomic E-state index is 11.8. The molecule has 0 heterocycles. The first-order chi connectivity index (χ1) is 9.66. The van der Waals surface area contributed by atoms with E-state index >= 15 is 0 Å². The lowest BCUT2D eigenvalue weighted by molar-refractivity contribution is -0.116. The zero-order valence-corrected chi connectivity index (χ0v) is 12.1. The number of hydrogen-bond acceptors (Lipinski definition) is 2. The molecule has 0 aromatic heterocycles. The van der Waals surface area contributed by atoms with Crippen molar-refractivity contribution in [1.82, 2.24) is 0 Å². The quantitative estimate of drug-likeness (QED) is 0.889. The molecule has 2 aromatic carbocycles. The van der Waals surface area contributed by atoms with Crippen LogP contribution in [0.4, 0.5) is 5.69 Å². The summed E-state index contributed by atoms with van der Waals surface area (Å²) in [5, 5.41) is 3.45. The van der Waals surface area contributed by atoms with Crippen molar-refractivity contribution < 1.29 is 9.53 Å². The molecule has 0 bridgehead atoms. The second-order valence-corrected chi connectivity index (χ2v) is 4.85. The Hall–Kier alpha value is -1.71. The van der Waals surface area contributed by atoms with Gasteiger partial charge in [-0.3, -0.25) is 4.79 Å². The molecule has 0 saturated heterocycles. The molecule has 2 aromatic rings. The van der Waals surface area contributed by atoms with Gasteiger partial charge in [0.05, 0.1) is 28.8 Å². The van der Waals surface area contributed by atoms with E-state index in [1.165, 1.54) is 0 Å². The summed E-state index contributed by atoms with van der Waals surface area (Å²) in [6.07, 6.45) is 0.234. The Kier molecular flexibility index (Phi) is 5.27. The third-order valence-electron chi connectivity index (χ3n) is 2.57. The van der Waals surface area contributed by atoms with Gasteiger partial charge < -0.3 is 10.1 Å². The third-order valence-corrected chi connectivity index (χ3v) is 3.39. The van der Waals surface area contributed by atoms with Gasteiger partial charge in [0.25, 0.3) is 0 Å². The first-order valence-electron chi connectivity index (χ1n) is 6.08. The smallest absolute Gasteiger partial charge is 0.227 e. The summed E-state index contributed by atoms with van der Waals surface area (Å²) in [5.74, 6) is 0.561. The second kappa shape index (κ2) is 7.17. The van der Waals surface area contributed by atoms with E-state index in [4.69, 9.17) is 27.9 Å². The molecule has 0 aliphatic rings. The molecule has 0 fully saturated rings. The molecule has 20 heavy (non-hydrogen) atoms. The van der Waals surface area contributed by atoms with Crippen molar-refractivity contribution >= 4 is 34.8 Å². The summed E-state index contributed by atoms with van der Waals surface area (Å²) in [5.41, 5.74) is 0.504. The van der Waals surface area contributed by atoms with E-state index in [9.17, 15) is 4.79 Å². The normalized spacial score (nSPS) is 10.1. The van der Waals surface area contributed by atoms with Gasteiger partial charge in [-0.1, -0.05) is 47.5 Å². The largest absolute Gasteiger partial charge is 0.493 e. The van der Waals surface area contributed by atoms with E-state index in [1.807, 2.05) is 30.3 Å². The summed E-state index contributed by atoms with van der Waals surface area (Å²) in [7, 11) is 0. The minimum atomic E-state index is -0.176. The molecule has 0 spiro atoms. The number of benzene rings is 2. The number of carbonyl (C=O) groups is 1. The number of anilines is 1. The lowest BCUT2D eigenvalue weighted by Gasteiger charge is -2.09. The lowest BCUT2D eigenvalue weighted by Crippen LogP contribution is -2.15. The molecule has 0 aliphatic carbocycles. The SMILES string of the molecule is O=C(CCOc1ccccc1)Nc1cccc(Cl)c1Cl. The van der Waals surface area contributed by atoms with Crippen molar-refractivity contribution in [3.05, 3.63) is 58.6 Å². The monoisotopic (exact) mass is 309 g/mol. The van der Waals surface area contributed by atoms with Gasteiger partial charge in [-0.25, -0.2) is 0 Å². The van der Waals surface area contributed by atoms with E-state index in [2.05, 4.69) is 5.32 Å². The highest BCUT2D eigenvalue weighted by atomic mass is 35.5. The summed E-state index contributed by atoms with van der Waals surface area (Å²) in [6.45, 7) is 0.300. The van der Waals surface area contributed by atoms with Crippen LogP contribution in [0.2, 0.25) is 10.0 Å². The van der Waals surface area contributed by atoms with E-state index in [1.54, 1.807) is 18.2 Å². The minimum Gasteiger partial charge on any atom is -0.493 e. The van der Waals surface area contributed by atoms with Crippen molar-refractivity contribution in [2.24, 2.45) is 0 Å². The van der Waals surface area contributed by atoms with Crippen LogP contribution in [0.25, 0.3) is 0 Å². The Morgan fingerprint density at radius 1 is 1.05 bits per heavy atom. The fourth-order valence-corrected chi connectivity index (χ4v) is 1.94. The van der Waals surface area contributed by atoms with Crippen LogP contribution < -0.4 is 10.1 Å². The number of amides is 1. The number of para-hydroxylation sites is 1. The predicted molar refractivity (Wildman–Crippen MR) is 81.6 cm³/mol. The van der Waals surface area contributed by atoms with Crippen molar-refractivity contribution in [2.45, 2.75) is 6.42 Å². The molecular formula is C15H13Cl2NO2. The number of ether oxygens (including phenoxy) is 1. The van der Waals surface area contributed by atoms with Gasteiger partial charge in [0, 0.05) is 0 Å². The fraction of sp³-hybridized carbons (Fsp3) is 0.133. The summed E-state index contributed by atoms with van der Waals surface area (Å²) in [4.78, 5) is 11.8. The molecule has 0 atom stereocenters. The Morgan fingerprint density at radius 2 is 1.80 bits per heavy atom.